The molecule has 0 N–H and O–H groups in total. The number of imidazole rings is 1. The zero-order valence-electron chi connectivity index (χ0n) is 17.0. The second-order valence-electron chi connectivity index (χ2n) is 7.40. The molecule has 9 heteroatoms. The summed E-state index contributed by atoms with van der Waals surface area (Å²) in [6, 6.07) is 8.42. The fourth-order valence-electron chi connectivity index (χ4n) is 3.86. The number of hydrogen-bond acceptors (Lipinski definition) is 4. The molecule has 0 bridgehead atoms. The molecule has 0 saturated carbocycles. The highest BCUT2D eigenvalue weighted by molar-refractivity contribution is 6.32. The van der Waals surface area contributed by atoms with Crippen LogP contribution in [0.1, 0.15) is 17.1 Å². The van der Waals surface area contributed by atoms with Crippen molar-refractivity contribution in [1.29, 1.82) is 0 Å². The summed E-state index contributed by atoms with van der Waals surface area (Å²) in [4.78, 5) is 9.29. The van der Waals surface area contributed by atoms with E-state index in [0.29, 0.717) is 24.4 Å². The molecule has 1 atom stereocenters. The first kappa shape index (κ1) is 21.6. The van der Waals surface area contributed by atoms with E-state index in [9.17, 15) is 13.2 Å². The van der Waals surface area contributed by atoms with Gasteiger partial charge in [-0.05, 0) is 44.2 Å². The first-order valence-corrected chi connectivity index (χ1v) is 10.2. The maximum absolute atomic E-state index is 13.5. The Hall–Kier alpha value is -2.58. The Labute approximate surface area is 182 Å². The van der Waals surface area contributed by atoms with E-state index < -0.39 is 19.4 Å². The van der Waals surface area contributed by atoms with Gasteiger partial charge in [0.2, 0.25) is 0 Å². The van der Waals surface area contributed by atoms with E-state index in [1.54, 1.807) is 6.07 Å². The Morgan fingerprint density at radius 3 is 2.55 bits per heavy atom. The molecule has 1 aliphatic heterocycles. The summed E-state index contributed by atoms with van der Waals surface area (Å²) >= 11 is 6.17. The Morgan fingerprint density at radius 2 is 1.90 bits per heavy atom. The molecule has 2 aromatic heterocycles. The molecule has 1 aliphatic rings. The van der Waals surface area contributed by atoms with Crippen molar-refractivity contribution in [3.8, 4) is 28.4 Å². The Bertz CT molecular complexity index is 1080. The lowest BCUT2D eigenvalue weighted by atomic mass is 10.1. The van der Waals surface area contributed by atoms with Crippen LogP contribution in [-0.4, -0.2) is 40.5 Å². The summed E-state index contributed by atoms with van der Waals surface area (Å²) in [7, 11) is 0. The van der Waals surface area contributed by atoms with Gasteiger partial charge in [0.05, 0.1) is 23.9 Å². The molecule has 5 nitrogen and oxygen atoms in total. The van der Waals surface area contributed by atoms with E-state index in [0.717, 1.165) is 28.3 Å². The number of halogens is 4. The standard InChI is InChI=1S/C22H21ClF3N3O2/c1-12-7-15(8-13(2)27-12)20-18-5-6-30-16(10-24)11-29(18)21(28-20)14-3-4-19(17(23)9-14)31-22(25)26/h3-4,7-9,16,22H,5-6,10-11H2,1-2H3/t16-/m1/s1. The van der Waals surface area contributed by atoms with Crippen molar-refractivity contribution >= 4 is 11.6 Å². The van der Waals surface area contributed by atoms with Gasteiger partial charge in [-0.1, -0.05) is 11.6 Å². The number of aryl methyl sites for hydroxylation is 2. The minimum Gasteiger partial charge on any atom is -0.433 e. The molecule has 0 spiro atoms. The molecular weight excluding hydrogens is 431 g/mol. The number of ether oxygens (including phenoxy) is 2. The third kappa shape index (κ3) is 4.55. The summed E-state index contributed by atoms with van der Waals surface area (Å²) in [6.45, 7) is 0.883. The van der Waals surface area contributed by atoms with Gasteiger partial charge in [-0.3, -0.25) is 4.98 Å². The number of pyridine rings is 1. The van der Waals surface area contributed by atoms with E-state index in [-0.39, 0.29) is 17.3 Å². The minimum atomic E-state index is -2.97. The van der Waals surface area contributed by atoms with E-state index in [4.69, 9.17) is 21.3 Å². The Balaban J connectivity index is 1.86. The van der Waals surface area contributed by atoms with Crippen molar-refractivity contribution in [3.63, 3.8) is 0 Å². The van der Waals surface area contributed by atoms with Crippen molar-refractivity contribution in [2.45, 2.75) is 39.5 Å². The van der Waals surface area contributed by atoms with Crippen LogP contribution in [0.25, 0.3) is 22.6 Å². The highest BCUT2D eigenvalue weighted by Crippen LogP contribution is 2.35. The Kier molecular flexibility index (Phi) is 6.20. The van der Waals surface area contributed by atoms with Crippen LogP contribution in [-0.2, 0) is 17.7 Å². The van der Waals surface area contributed by atoms with Gasteiger partial charge in [0.15, 0.2) is 0 Å². The molecule has 3 aromatic rings. The Morgan fingerprint density at radius 1 is 1.16 bits per heavy atom. The van der Waals surface area contributed by atoms with Crippen LogP contribution in [0.3, 0.4) is 0 Å². The van der Waals surface area contributed by atoms with Gasteiger partial charge in [-0.15, -0.1) is 0 Å². The zero-order valence-corrected chi connectivity index (χ0v) is 17.8. The second kappa shape index (κ2) is 8.88. The average Bonchev–Trinajstić information content (AvgIpc) is 2.92. The van der Waals surface area contributed by atoms with Crippen LogP contribution >= 0.6 is 11.6 Å². The number of nitrogens with zero attached hydrogens (tertiary/aromatic N) is 3. The van der Waals surface area contributed by atoms with Gasteiger partial charge >= 0.3 is 6.61 Å². The van der Waals surface area contributed by atoms with Crippen LogP contribution in [0, 0.1) is 13.8 Å². The second-order valence-corrected chi connectivity index (χ2v) is 7.81. The lowest BCUT2D eigenvalue weighted by molar-refractivity contribution is -0.0497. The molecule has 0 aliphatic carbocycles. The van der Waals surface area contributed by atoms with Crippen molar-refractivity contribution in [2.24, 2.45) is 0 Å². The van der Waals surface area contributed by atoms with Gasteiger partial charge in [0, 0.05) is 34.6 Å². The first-order valence-electron chi connectivity index (χ1n) is 9.83. The van der Waals surface area contributed by atoms with Crippen LogP contribution in [0.5, 0.6) is 5.75 Å². The number of rotatable bonds is 5. The normalized spacial score (nSPS) is 16.3. The van der Waals surface area contributed by atoms with Gasteiger partial charge < -0.3 is 14.0 Å². The van der Waals surface area contributed by atoms with Crippen molar-refractivity contribution in [1.82, 2.24) is 14.5 Å². The molecule has 0 saturated heterocycles. The summed E-state index contributed by atoms with van der Waals surface area (Å²) in [5.41, 5.74) is 4.92. The zero-order chi connectivity index (χ0) is 22.1. The van der Waals surface area contributed by atoms with Crippen LogP contribution in [0.2, 0.25) is 5.02 Å². The lowest BCUT2D eigenvalue weighted by Crippen LogP contribution is -2.21. The molecule has 0 unspecified atom stereocenters. The smallest absolute Gasteiger partial charge is 0.387 e. The number of hydrogen-bond donors (Lipinski definition) is 0. The van der Waals surface area contributed by atoms with E-state index in [2.05, 4.69) is 9.72 Å². The summed E-state index contributed by atoms with van der Waals surface area (Å²) in [5.74, 6) is 0.445. The molecule has 4 rings (SSSR count). The third-order valence-corrected chi connectivity index (χ3v) is 5.38. The molecule has 31 heavy (non-hydrogen) atoms. The predicted molar refractivity (Wildman–Crippen MR) is 111 cm³/mol. The van der Waals surface area contributed by atoms with Gasteiger partial charge in [-0.25, -0.2) is 9.37 Å². The molecular formula is C22H21ClF3N3O2. The summed E-state index contributed by atoms with van der Waals surface area (Å²) in [5, 5.41) is 0.0409. The van der Waals surface area contributed by atoms with Crippen molar-refractivity contribution < 1.29 is 22.6 Å². The third-order valence-electron chi connectivity index (χ3n) is 5.08. The topological polar surface area (TPSA) is 49.2 Å². The van der Waals surface area contributed by atoms with Crippen LogP contribution in [0.15, 0.2) is 30.3 Å². The van der Waals surface area contributed by atoms with Crippen molar-refractivity contribution in [2.75, 3.05) is 13.3 Å². The molecule has 164 valence electrons. The fraction of sp³-hybridized carbons (Fsp3) is 0.364. The maximum Gasteiger partial charge on any atom is 0.387 e. The molecule has 0 amide bonds. The van der Waals surface area contributed by atoms with E-state index in [1.807, 2.05) is 30.5 Å². The summed E-state index contributed by atoms with van der Waals surface area (Å²) < 4.78 is 50.7. The molecule has 1 aromatic carbocycles. The number of benzene rings is 1. The number of fused-ring (bicyclic) bond motifs is 1. The number of aromatic nitrogens is 3. The van der Waals surface area contributed by atoms with E-state index >= 15 is 0 Å². The number of alkyl halides is 3. The highest BCUT2D eigenvalue weighted by atomic mass is 35.5. The molecule has 0 fully saturated rings. The quantitative estimate of drug-likeness (QED) is 0.521. The van der Waals surface area contributed by atoms with Gasteiger partial charge in [-0.2, -0.15) is 8.78 Å². The van der Waals surface area contributed by atoms with Crippen LogP contribution < -0.4 is 4.74 Å². The SMILES string of the molecule is Cc1cc(-c2nc(-c3ccc(OC(F)F)c(Cl)c3)n3c2CCO[C@H](CF)C3)cc(C)n1. The average molecular weight is 452 g/mol. The van der Waals surface area contributed by atoms with Gasteiger partial charge in [0.1, 0.15) is 24.4 Å². The monoisotopic (exact) mass is 451 g/mol. The minimum absolute atomic E-state index is 0.0409. The van der Waals surface area contributed by atoms with E-state index in [1.165, 1.54) is 12.1 Å². The lowest BCUT2D eigenvalue weighted by Gasteiger charge is -2.14. The van der Waals surface area contributed by atoms with Gasteiger partial charge in [0.25, 0.3) is 0 Å². The largest absolute Gasteiger partial charge is 0.433 e. The fourth-order valence-corrected chi connectivity index (χ4v) is 4.09. The highest BCUT2D eigenvalue weighted by Gasteiger charge is 2.26. The molecule has 3 heterocycles. The van der Waals surface area contributed by atoms with Crippen molar-refractivity contribution in [3.05, 3.63) is 52.4 Å². The maximum atomic E-state index is 13.5. The molecule has 0 radical (unpaired) electrons. The summed E-state index contributed by atoms with van der Waals surface area (Å²) in [6.07, 6.45) is -0.0422. The first-order chi connectivity index (χ1) is 14.9. The predicted octanol–water partition coefficient (Wildman–Crippen LogP) is 5.39. The van der Waals surface area contributed by atoms with Crippen LogP contribution in [0.4, 0.5) is 13.2 Å².